The van der Waals surface area contributed by atoms with E-state index in [1.807, 2.05) is 0 Å². The van der Waals surface area contributed by atoms with Gasteiger partial charge in [0.15, 0.2) is 0 Å². The molecule has 0 aliphatic carbocycles. The topological polar surface area (TPSA) is 9.23 Å². The second-order valence-electron chi connectivity index (χ2n) is 3.00. The summed E-state index contributed by atoms with van der Waals surface area (Å²) in [5.74, 6) is -0.491. The summed E-state index contributed by atoms with van der Waals surface area (Å²) in [7, 11) is 0. The van der Waals surface area contributed by atoms with Gasteiger partial charge in [0.2, 0.25) is 0 Å². The lowest BCUT2D eigenvalue weighted by Gasteiger charge is -2.05. The molecule has 0 N–H and O–H groups in total. The van der Waals surface area contributed by atoms with Crippen LogP contribution in [0, 0.1) is 5.82 Å². The van der Waals surface area contributed by atoms with E-state index in [9.17, 15) is 13.2 Å². The summed E-state index contributed by atoms with van der Waals surface area (Å²) in [5.41, 5.74) is 0. The second-order valence-corrected chi connectivity index (χ2v) is 3.00. The highest BCUT2D eigenvalue weighted by Crippen LogP contribution is 2.24. The van der Waals surface area contributed by atoms with Gasteiger partial charge in [0.1, 0.15) is 11.6 Å². The van der Waals surface area contributed by atoms with Gasteiger partial charge in [-0.25, -0.2) is 4.39 Å². The molecule has 15 heavy (non-hydrogen) atoms. The Morgan fingerprint density at radius 2 is 1.87 bits per heavy atom. The summed E-state index contributed by atoms with van der Waals surface area (Å²) >= 11 is 0. The third-order valence-corrected chi connectivity index (χ3v) is 2.03. The molecule has 0 fully saturated rings. The van der Waals surface area contributed by atoms with E-state index in [4.69, 9.17) is 0 Å². The van der Waals surface area contributed by atoms with E-state index >= 15 is 0 Å². The van der Waals surface area contributed by atoms with Crippen LogP contribution in [0.2, 0.25) is 0 Å². The predicted molar refractivity (Wildman–Crippen MR) is 50.5 cm³/mol. The van der Waals surface area contributed by atoms with Crippen LogP contribution in [0.4, 0.5) is 13.2 Å². The number of halogens is 3. The summed E-state index contributed by atoms with van der Waals surface area (Å²) in [5, 5.41) is 0.923. The molecular formula is C11H7F3O. The summed E-state index contributed by atoms with van der Waals surface area (Å²) < 4.78 is 41.2. The maximum absolute atomic E-state index is 13.3. The van der Waals surface area contributed by atoms with Crippen molar-refractivity contribution in [2.75, 3.05) is 0 Å². The molecule has 2 aromatic rings. The first-order valence-electron chi connectivity index (χ1n) is 4.30. The first-order chi connectivity index (χ1) is 7.16. The minimum atomic E-state index is -2.89. The number of benzene rings is 2. The first-order valence-corrected chi connectivity index (χ1v) is 4.30. The zero-order valence-corrected chi connectivity index (χ0v) is 7.58. The molecule has 0 atom stereocenters. The van der Waals surface area contributed by atoms with Crippen molar-refractivity contribution in [3.8, 4) is 5.75 Å². The molecule has 0 saturated heterocycles. The zero-order chi connectivity index (χ0) is 10.8. The Kier molecular flexibility index (Phi) is 2.49. The van der Waals surface area contributed by atoms with Crippen LogP contribution in [0.15, 0.2) is 36.4 Å². The highest BCUT2D eigenvalue weighted by molar-refractivity contribution is 5.84. The Balaban J connectivity index is 2.50. The summed E-state index contributed by atoms with van der Waals surface area (Å²) in [4.78, 5) is 0. The van der Waals surface area contributed by atoms with Gasteiger partial charge >= 0.3 is 6.61 Å². The lowest BCUT2D eigenvalue weighted by atomic mass is 10.1. The van der Waals surface area contributed by atoms with Crippen LogP contribution in [0.5, 0.6) is 5.75 Å². The third-order valence-electron chi connectivity index (χ3n) is 2.03. The quantitative estimate of drug-likeness (QED) is 0.739. The number of rotatable bonds is 2. The van der Waals surface area contributed by atoms with Gasteiger partial charge < -0.3 is 4.74 Å². The Morgan fingerprint density at radius 1 is 1.07 bits per heavy atom. The number of ether oxygens (including phenoxy) is 1. The van der Waals surface area contributed by atoms with Gasteiger partial charge in [-0.15, -0.1) is 0 Å². The van der Waals surface area contributed by atoms with Crippen LogP contribution in [-0.4, -0.2) is 6.61 Å². The lowest BCUT2D eigenvalue weighted by molar-refractivity contribution is -0.0497. The van der Waals surface area contributed by atoms with Gasteiger partial charge in [-0.2, -0.15) is 8.78 Å². The molecule has 0 aliphatic rings. The van der Waals surface area contributed by atoms with Crippen LogP contribution in [0.3, 0.4) is 0 Å². The Bertz CT molecular complexity index is 482. The molecular weight excluding hydrogens is 205 g/mol. The van der Waals surface area contributed by atoms with E-state index in [0.29, 0.717) is 5.39 Å². The van der Waals surface area contributed by atoms with Crippen molar-refractivity contribution in [2.24, 2.45) is 0 Å². The number of fused-ring (bicyclic) bond motifs is 1. The van der Waals surface area contributed by atoms with Crippen molar-refractivity contribution in [3.05, 3.63) is 42.2 Å². The van der Waals surface area contributed by atoms with E-state index in [2.05, 4.69) is 4.74 Å². The molecule has 0 radical (unpaired) electrons. The molecule has 0 bridgehead atoms. The van der Waals surface area contributed by atoms with E-state index in [1.54, 1.807) is 12.1 Å². The minimum absolute atomic E-state index is 0.0393. The van der Waals surface area contributed by atoms with Crippen molar-refractivity contribution in [1.82, 2.24) is 0 Å². The van der Waals surface area contributed by atoms with E-state index < -0.39 is 12.4 Å². The minimum Gasteiger partial charge on any atom is -0.435 e. The largest absolute Gasteiger partial charge is 0.435 e. The SMILES string of the molecule is Fc1cccc2ccc(OC(F)F)cc12. The van der Waals surface area contributed by atoms with Crippen molar-refractivity contribution in [3.63, 3.8) is 0 Å². The van der Waals surface area contributed by atoms with Gasteiger partial charge in [0.05, 0.1) is 0 Å². The number of alkyl halides is 2. The summed E-state index contributed by atoms with van der Waals surface area (Å²) in [6.45, 7) is -2.89. The Hall–Kier alpha value is -1.71. The highest BCUT2D eigenvalue weighted by atomic mass is 19.3. The van der Waals surface area contributed by atoms with E-state index in [1.165, 1.54) is 24.3 Å². The van der Waals surface area contributed by atoms with E-state index in [-0.39, 0.29) is 11.1 Å². The molecule has 1 nitrogen and oxygen atoms in total. The summed E-state index contributed by atoms with van der Waals surface area (Å²) in [6, 6.07) is 8.71. The van der Waals surface area contributed by atoms with Crippen LogP contribution >= 0.6 is 0 Å². The van der Waals surface area contributed by atoms with Crippen molar-refractivity contribution < 1.29 is 17.9 Å². The molecule has 0 spiro atoms. The predicted octanol–water partition coefficient (Wildman–Crippen LogP) is 3.58. The fourth-order valence-corrected chi connectivity index (χ4v) is 1.39. The van der Waals surface area contributed by atoms with E-state index in [0.717, 1.165) is 0 Å². The molecule has 4 heteroatoms. The fourth-order valence-electron chi connectivity index (χ4n) is 1.39. The van der Waals surface area contributed by atoms with Gasteiger partial charge in [0.25, 0.3) is 0 Å². The fraction of sp³-hybridized carbons (Fsp3) is 0.0909. The first kappa shape index (κ1) is 9.83. The van der Waals surface area contributed by atoms with Crippen molar-refractivity contribution >= 4 is 10.8 Å². The maximum Gasteiger partial charge on any atom is 0.387 e. The molecule has 0 heterocycles. The maximum atomic E-state index is 13.3. The molecule has 2 rings (SSSR count). The Labute approximate surface area is 84.1 Å². The monoisotopic (exact) mass is 212 g/mol. The van der Waals surface area contributed by atoms with Crippen LogP contribution in [0.1, 0.15) is 0 Å². The van der Waals surface area contributed by atoms with Crippen LogP contribution in [0.25, 0.3) is 10.8 Å². The molecule has 0 aromatic heterocycles. The van der Waals surface area contributed by atoms with Crippen LogP contribution < -0.4 is 4.74 Å². The Morgan fingerprint density at radius 3 is 2.60 bits per heavy atom. The van der Waals surface area contributed by atoms with Gasteiger partial charge in [0, 0.05) is 5.39 Å². The molecule has 0 aliphatic heterocycles. The molecule has 0 saturated carbocycles. The smallest absolute Gasteiger partial charge is 0.387 e. The van der Waals surface area contributed by atoms with Crippen molar-refractivity contribution in [2.45, 2.75) is 6.61 Å². The molecule has 78 valence electrons. The van der Waals surface area contributed by atoms with Crippen molar-refractivity contribution in [1.29, 1.82) is 0 Å². The average molecular weight is 212 g/mol. The van der Waals surface area contributed by atoms with Crippen LogP contribution in [-0.2, 0) is 0 Å². The second kappa shape index (κ2) is 3.81. The normalized spacial score (nSPS) is 10.9. The highest BCUT2D eigenvalue weighted by Gasteiger charge is 2.06. The zero-order valence-electron chi connectivity index (χ0n) is 7.58. The third kappa shape index (κ3) is 2.03. The molecule has 2 aromatic carbocycles. The van der Waals surface area contributed by atoms with Gasteiger partial charge in [-0.1, -0.05) is 18.2 Å². The standard InChI is InChI=1S/C11H7F3O/c12-10-3-1-2-7-4-5-8(6-9(7)10)15-11(13)14/h1-6,11H. The number of hydrogen-bond donors (Lipinski definition) is 0. The van der Waals surface area contributed by atoms with Gasteiger partial charge in [-0.05, 0) is 23.6 Å². The molecule has 0 unspecified atom stereocenters. The summed E-state index contributed by atoms with van der Waals surface area (Å²) in [6.07, 6.45) is 0. The lowest BCUT2D eigenvalue weighted by Crippen LogP contribution is -2.01. The average Bonchev–Trinajstić information content (AvgIpc) is 2.18. The number of hydrogen-bond acceptors (Lipinski definition) is 1. The molecule has 0 amide bonds. The van der Waals surface area contributed by atoms with Gasteiger partial charge in [-0.3, -0.25) is 0 Å².